The number of benzene rings is 4. The van der Waals surface area contributed by atoms with E-state index in [0.717, 1.165) is 48.6 Å². The molecule has 0 N–H and O–H groups in total. The van der Waals surface area contributed by atoms with Crippen molar-refractivity contribution >= 4 is 0 Å². The van der Waals surface area contributed by atoms with E-state index >= 15 is 0 Å². The van der Waals surface area contributed by atoms with E-state index in [2.05, 4.69) is 31.2 Å². The van der Waals surface area contributed by atoms with Gasteiger partial charge in [0.05, 0.1) is 5.56 Å². The topological polar surface area (TPSA) is 0 Å². The summed E-state index contributed by atoms with van der Waals surface area (Å²) in [5.74, 6) is -3.89. The molecule has 0 nitrogen and oxygen atoms in total. The second-order valence-electron chi connectivity index (χ2n) is 7.82. The maximum absolute atomic E-state index is 14.7. The average molecular weight is 434 g/mol. The van der Waals surface area contributed by atoms with Crippen LogP contribution >= 0.6 is 0 Å². The van der Waals surface area contributed by atoms with E-state index in [1.54, 1.807) is 0 Å². The summed E-state index contributed by atoms with van der Waals surface area (Å²) in [4.78, 5) is 0. The summed E-state index contributed by atoms with van der Waals surface area (Å²) in [6, 6.07) is 21.1. The molecule has 0 bridgehead atoms. The van der Waals surface area contributed by atoms with Gasteiger partial charge in [-0.15, -0.1) is 0 Å². The second-order valence-corrected chi connectivity index (χ2v) is 7.82. The smallest absolute Gasteiger partial charge is 0.159 e. The van der Waals surface area contributed by atoms with Gasteiger partial charge in [0.1, 0.15) is 11.6 Å². The second kappa shape index (κ2) is 9.39. The summed E-state index contributed by atoms with van der Waals surface area (Å²) in [6.45, 7) is 2.17. The Balaban J connectivity index is 1.59. The molecule has 0 aromatic heterocycles. The first-order valence-corrected chi connectivity index (χ1v) is 10.6. The van der Waals surface area contributed by atoms with Gasteiger partial charge in [0.15, 0.2) is 11.6 Å². The van der Waals surface area contributed by atoms with Crippen LogP contribution in [0.25, 0.3) is 33.4 Å². The molecule has 0 atom stereocenters. The molecule has 0 spiro atoms. The fourth-order valence-corrected chi connectivity index (χ4v) is 3.77. The van der Waals surface area contributed by atoms with Crippen molar-refractivity contribution in [1.82, 2.24) is 0 Å². The Morgan fingerprint density at radius 1 is 0.500 bits per heavy atom. The number of rotatable bonds is 6. The molecule has 0 fully saturated rings. The van der Waals surface area contributed by atoms with Crippen LogP contribution in [0.4, 0.5) is 17.6 Å². The average Bonchev–Trinajstić information content (AvgIpc) is 2.80. The standard InChI is InChI=1S/C28H22F4/c1-2-3-4-18-5-7-19(8-6-18)20-9-11-21(12-10-20)23-16-26(31)28(27(32)17-23)22-13-14-24(29)25(30)15-22/h5-17H,2-4H2,1H3. The van der Waals surface area contributed by atoms with E-state index in [0.29, 0.717) is 11.1 Å². The molecule has 32 heavy (non-hydrogen) atoms. The van der Waals surface area contributed by atoms with Crippen molar-refractivity contribution in [2.24, 2.45) is 0 Å². The van der Waals surface area contributed by atoms with Crippen LogP contribution in [-0.4, -0.2) is 0 Å². The van der Waals surface area contributed by atoms with Crippen LogP contribution in [-0.2, 0) is 6.42 Å². The van der Waals surface area contributed by atoms with E-state index < -0.39 is 23.3 Å². The van der Waals surface area contributed by atoms with Crippen LogP contribution in [0.5, 0.6) is 0 Å². The van der Waals surface area contributed by atoms with Crippen LogP contribution in [0, 0.1) is 23.3 Å². The first-order valence-electron chi connectivity index (χ1n) is 10.6. The molecule has 0 radical (unpaired) electrons. The number of unbranched alkanes of at least 4 members (excludes halogenated alkanes) is 1. The Labute approximate surface area is 185 Å². The van der Waals surface area contributed by atoms with E-state index in [-0.39, 0.29) is 11.1 Å². The molecule has 162 valence electrons. The summed E-state index contributed by atoms with van der Waals surface area (Å²) < 4.78 is 56.1. The lowest BCUT2D eigenvalue weighted by Crippen LogP contribution is -1.94. The van der Waals surface area contributed by atoms with Gasteiger partial charge in [-0.05, 0) is 70.5 Å². The Kier molecular flexibility index (Phi) is 6.40. The summed E-state index contributed by atoms with van der Waals surface area (Å²) in [6.07, 6.45) is 3.38. The minimum absolute atomic E-state index is 0.0526. The van der Waals surface area contributed by atoms with Gasteiger partial charge in [-0.1, -0.05) is 67.9 Å². The van der Waals surface area contributed by atoms with Crippen LogP contribution in [0.3, 0.4) is 0 Å². The van der Waals surface area contributed by atoms with Gasteiger partial charge in [-0.3, -0.25) is 0 Å². The van der Waals surface area contributed by atoms with Crippen LogP contribution in [0.15, 0.2) is 78.9 Å². The van der Waals surface area contributed by atoms with E-state index in [1.807, 2.05) is 24.3 Å². The first kappa shape index (κ1) is 21.8. The lowest BCUT2D eigenvalue weighted by Gasteiger charge is -2.10. The fourth-order valence-electron chi connectivity index (χ4n) is 3.77. The summed E-state index contributed by atoms with van der Waals surface area (Å²) >= 11 is 0. The minimum atomic E-state index is -1.15. The van der Waals surface area contributed by atoms with Gasteiger partial charge in [0.25, 0.3) is 0 Å². The SMILES string of the molecule is CCCCc1ccc(-c2ccc(-c3cc(F)c(-c4ccc(F)c(F)c4)c(F)c3)cc2)cc1. The zero-order valence-electron chi connectivity index (χ0n) is 17.6. The largest absolute Gasteiger partial charge is 0.206 e. The van der Waals surface area contributed by atoms with Gasteiger partial charge in [-0.2, -0.15) is 0 Å². The van der Waals surface area contributed by atoms with Crippen molar-refractivity contribution in [3.8, 4) is 33.4 Å². The van der Waals surface area contributed by atoms with Gasteiger partial charge >= 0.3 is 0 Å². The predicted octanol–water partition coefficient (Wildman–Crippen LogP) is 8.59. The normalized spacial score (nSPS) is 11.0. The molecule has 0 aliphatic rings. The molecule has 4 rings (SSSR count). The molecular formula is C28H22F4. The zero-order chi connectivity index (χ0) is 22.7. The molecule has 0 aliphatic heterocycles. The molecule has 0 heterocycles. The lowest BCUT2D eigenvalue weighted by molar-refractivity contribution is 0.508. The van der Waals surface area contributed by atoms with Gasteiger partial charge < -0.3 is 0 Å². The number of aryl methyl sites for hydroxylation is 1. The number of halogens is 4. The Bertz CT molecular complexity index is 1200. The van der Waals surface area contributed by atoms with Crippen molar-refractivity contribution in [3.63, 3.8) is 0 Å². The molecular weight excluding hydrogens is 412 g/mol. The summed E-state index contributed by atoms with van der Waals surface area (Å²) in [7, 11) is 0. The lowest BCUT2D eigenvalue weighted by atomic mass is 9.96. The minimum Gasteiger partial charge on any atom is -0.206 e. The molecule has 4 aromatic carbocycles. The maximum atomic E-state index is 14.7. The quantitative estimate of drug-likeness (QED) is 0.267. The first-order chi connectivity index (χ1) is 15.5. The highest BCUT2D eigenvalue weighted by Gasteiger charge is 2.16. The van der Waals surface area contributed by atoms with Gasteiger partial charge in [-0.25, -0.2) is 17.6 Å². The monoisotopic (exact) mass is 434 g/mol. The van der Waals surface area contributed by atoms with Crippen molar-refractivity contribution in [1.29, 1.82) is 0 Å². The third-order valence-corrected chi connectivity index (χ3v) is 5.57. The highest BCUT2D eigenvalue weighted by Crippen LogP contribution is 2.32. The number of hydrogen-bond acceptors (Lipinski definition) is 0. The van der Waals surface area contributed by atoms with Crippen molar-refractivity contribution in [3.05, 3.63) is 108 Å². The zero-order valence-corrected chi connectivity index (χ0v) is 17.6. The van der Waals surface area contributed by atoms with Crippen LogP contribution < -0.4 is 0 Å². The third-order valence-electron chi connectivity index (χ3n) is 5.57. The molecule has 0 saturated heterocycles. The summed E-state index contributed by atoms with van der Waals surface area (Å²) in [5.41, 5.74) is 3.98. The highest BCUT2D eigenvalue weighted by molar-refractivity contribution is 5.74. The van der Waals surface area contributed by atoms with Crippen molar-refractivity contribution in [2.45, 2.75) is 26.2 Å². The molecule has 4 aromatic rings. The molecule has 0 unspecified atom stereocenters. The number of hydrogen-bond donors (Lipinski definition) is 0. The molecule has 4 heteroatoms. The van der Waals surface area contributed by atoms with Crippen LogP contribution in [0.2, 0.25) is 0 Å². The van der Waals surface area contributed by atoms with E-state index in [4.69, 9.17) is 0 Å². The van der Waals surface area contributed by atoms with Crippen LogP contribution in [0.1, 0.15) is 25.3 Å². The van der Waals surface area contributed by atoms with Gasteiger partial charge in [0.2, 0.25) is 0 Å². The Morgan fingerprint density at radius 3 is 1.50 bits per heavy atom. The third kappa shape index (κ3) is 4.59. The Hall–Kier alpha value is -3.40. The summed E-state index contributed by atoms with van der Waals surface area (Å²) in [5, 5.41) is 0. The highest BCUT2D eigenvalue weighted by atomic mass is 19.2. The van der Waals surface area contributed by atoms with Crippen molar-refractivity contribution < 1.29 is 17.6 Å². The fraction of sp³-hybridized carbons (Fsp3) is 0.143. The molecule has 0 amide bonds. The van der Waals surface area contributed by atoms with E-state index in [1.165, 1.54) is 17.7 Å². The molecule has 0 aliphatic carbocycles. The van der Waals surface area contributed by atoms with E-state index in [9.17, 15) is 17.6 Å². The maximum Gasteiger partial charge on any atom is 0.159 e. The predicted molar refractivity (Wildman–Crippen MR) is 121 cm³/mol. The molecule has 0 saturated carbocycles. The van der Waals surface area contributed by atoms with Gasteiger partial charge in [0, 0.05) is 0 Å². The Morgan fingerprint density at radius 2 is 0.969 bits per heavy atom. The van der Waals surface area contributed by atoms with Crippen molar-refractivity contribution in [2.75, 3.05) is 0 Å².